The number of benzene rings is 1. The summed E-state index contributed by atoms with van der Waals surface area (Å²) in [7, 11) is 2.12. The highest BCUT2D eigenvalue weighted by molar-refractivity contribution is 8.00. The first-order chi connectivity index (χ1) is 22.8. The van der Waals surface area contributed by atoms with E-state index in [1.54, 1.807) is 58.6 Å². The van der Waals surface area contributed by atoms with Gasteiger partial charge in [-0.3, -0.25) is 19.5 Å². The predicted octanol–water partition coefficient (Wildman–Crippen LogP) is 1.55. The molecule has 0 radical (unpaired) electrons. The summed E-state index contributed by atoms with van der Waals surface area (Å²) in [5.41, 5.74) is 7.58. The number of allylic oxidation sites excluding steroid dienone is 1. The lowest BCUT2D eigenvalue weighted by Gasteiger charge is -2.43. The number of likely N-dealkylation sites (tertiary alicyclic amines) is 1. The van der Waals surface area contributed by atoms with Crippen LogP contribution in [0, 0.1) is 0 Å². The number of hydrogen-bond donors (Lipinski definition) is 3. The molecule has 6 heterocycles. The summed E-state index contributed by atoms with van der Waals surface area (Å²) < 4.78 is 42.8. The van der Waals surface area contributed by atoms with Gasteiger partial charge in [0.2, 0.25) is 5.91 Å². The minimum atomic E-state index is -3.05. The van der Waals surface area contributed by atoms with Gasteiger partial charge in [-0.1, -0.05) is 0 Å². The minimum absolute atomic E-state index is 0.00982. The van der Waals surface area contributed by atoms with Gasteiger partial charge >= 0.3 is 6.61 Å². The van der Waals surface area contributed by atoms with Crippen LogP contribution >= 0.6 is 11.8 Å². The van der Waals surface area contributed by atoms with Crippen molar-refractivity contribution in [2.75, 3.05) is 59.7 Å². The van der Waals surface area contributed by atoms with Crippen LogP contribution in [0.2, 0.25) is 0 Å². The van der Waals surface area contributed by atoms with Gasteiger partial charge in [-0.15, -0.1) is 11.8 Å². The van der Waals surface area contributed by atoms with Crippen LogP contribution in [-0.4, -0.2) is 121 Å². The van der Waals surface area contributed by atoms with Crippen LogP contribution in [0.25, 0.3) is 0 Å². The first-order valence-electron chi connectivity index (χ1n) is 15.8. The highest BCUT2D eigenvalue weighted by Gasteiger charge is 2.36. The molecule has 252 valence electrons. The molecule has 6 aliphatic rings. The first kappa shape index (κ1) is 32.0. The third kappa shape index (κ3) is 7.03. The summed E-state index contributed by atoms with van der Waals surface area (Å²) in [5, 5.41) is 6.50. The highest BCUT2D eigenvalue weighted by Crippen LogP contribution is 2.38. The zero-order chi connectivity index (χ0) is 32.5. The van der Waals surface area contributed by atoms with Crippen LogP contribution in [0.5, 0.6) is 5.75 Å². The van der Waals surface area contributed by atoms with E-state index in [1.165, 1.54) is 6.07 Å². The van der Waals surface area contributed by atoms with E-state index in [0.29, 0.717) is 61.0 Å². The number of halogens is 2. The molecule has 3 saturated heterocycles. The molecule has 3 N–H and O–H groups in total. The molecule has 47 heavy (non-hydrogen) atoms. The van der Waals surface area contributed by atoms with Gasteiger partial charge in [0.1, 0.15) is 12.3 Å². The topological polar surface area (TPSA) is 123 Å². The number of nitrogens with one attached hydrogen (secondary N) is 3. The molecule has 2 amide bonds. The number of alkyl halides is 2. The van der Waals surface area contributed by atoms with Crippen molar-refractivity contribution in [3.63, 3.8) is 0 Å². The number of carbonyl (C=O) groups excluding carboxylic acids is 2. The van der Waals surface area contributed by atoms with Crippen LogP contribution in [0.4, 0.5) is 8.78 Å². The molecule has 1 aromatic rings. The molecule has 6 aliphatic heterocycles. The van der Waals surface area contributed by atoms with Crippen molar-refractivity contribution >= 4 is 29.8 Å². The lowest BCUT2D eigenvalue weighted by Crippen LogP contribution is -2.55. The van der Waals surface area contributed by atoms with Gasteiger partial charge in [0.25, 0.3) is 5.91 Å². The van der Waals surface area contributed by atoms with Crippen molar-refractivity contribution in [1.29, 1.82) is 0 Å². The van der Waals surface area contributed by atoms with E-state index < -0.39 is 18.6 Å². The van der Waals surface area contributed by atoms with E-state index in [0.717, 1.165) is 31.0 Å². The molecular weight excluding hydrogens is 634 g/mol. The second kappa shape index (κ2) is 13.9. The number of piperidine rings is 1. The van der Waals surface area contributed by atoms with Gasteiger partial charge in [-0.05, 0) is 44.2 Å². The Morgan fingerprint density at radius 3 is 2.66 bits per heavy atom. The largest absolute Gasteiger partial charge is 0.434 e. The standard InChI is InChI=1S/C31H38F2N8O5S/c1-38(20-15-44-16-20)19-5-9-39(10-6-19)27(42)14-40-13-25(36-30(43)24-12-35-41-8-2-7-34-29(24)41)28(37-40)23-11-21(47-22-17-45-18-22)3-4-26(23)46-31(32)33/h2-4,7-8,11,13,19-20,22,28,31,35,37H,5-6,9-10,12,14-18H2,1H3,(H,36,43). The summed E-state index contributed by atoms with van der Waals surface area (Å²) in [4.78, 5) is 36.5. The van der Waals surface area contributed by atoms with Gasteiger partial charge in [0, 0.05) is 54.7 Å². The average molecular weight is 673 g/mol. The van der Waals surface area contributed by atoms with Gasteiger partial charge < -0.3 is 29.4 Å². The molecule has 7 rings (SSSR count). The number of amides is 2. The summed E-state index contributed by atoms with van der Waals surface area (Å²) in [5.74, 6) is -0.0247. The fourth-order valence-electron chi connectivity index (χ4n) is 6.33. The number of aliphatic imine (C=N–C) groups is 1. The molecule has 0 aromatic heterocycles. The van der Waals surface area contributed by atoms with Gasteiger partial charge in [0.05, 0.1) is 55.0 Å². The van der Waals surface area contributed by atoms with Gasteiger partial charge in [-0.25, -0.2) is 15.8 Å². The molecule has 0 saturated carbocycles. The third-order valence-electron chi connectivity index (χ3n) is 9.19. The Bertz CT molecular complexity index is 1490. The Hall–Kier alpha value is -3.54. The SMILES string of the molecule is CN(C1CCN(C(=O)CN2C=C(NC(=O)C3=C4N=CC=CN4NC3)C(c3cc(SC4COC4)ccc3OC(F)F)N2)CC1)C1COC1. The Labute approximate surface area is 275 Å². The molecule has 0 spiro atoms. The van der Waals surface area contributed by atoms with Crippen molar-refractivity contribution in [3.05, 3.63) is 59.3 Å². The van der Waals surface area contributed by atoms with Gasteiger partial charge in [0.15, 0.2) is 5.82 Å². The van der Waals surface area contributed by atoms with Crippen LogP contribution in [0.15, 0.2) is 63.7 Å². The van der Waals surface area contributed by atoms with Crippen molar-refractivity contribution < 1.29 is 32.6 Å². The Morgan fingerprint density at radius 2 is 1.96 bits per heavy atom. The maximum absolute atomic E-state index is 13.6. The van der Waals surface area contributed by atoms with Crippen LogP contribution in [0.1, 0.15) is 24.4 Å². The third-order valence-corrected chi connectivity index (χ3v) is 10.3. The summed E-state index contributed by atoms with van der Waals surface area (Å²) in [6, 6.07) is 5.09. The number of nitrogens with zero attached hydrogens (tertiary/aromatic N) is 5. The Kier molecular flexibility index (Phi) is 9.47. The van der Waals surface area contributed by atoms with E-state index in [2.05, 4.69) is 33.1 Å². The minimum Gasteiger partial charge on any atom is -0.434 e. The summed E-state index contributed by atoms with van der Waals surface area (Å²) in [6.45, 7) is 1.19. The summed E-state index contributed by atoms with van der Waals surface area (Å²) >= 11 is 1.59. The van der Waals surface area contributed by atoms with E-state index >= 15 is 0 Å². The molecule has 13 nitrogen and oxygen atoms in total. The van der Waals surface area contributed by atoms with E-state index in [-0.39, 0.29) is 30.0 Å². The Balaban J connectivity index is 1.10. The van der Waals surface area contributed by atoms with Crippen LogP contribution in [-0.2, 0) is 19.1 Å². The number of fused-ring (bicyclic) bond motifs is 1. The van der Waals surface area contributed by atoms with Crippen LogP contribution < -0.4 is 20.9 Å². The van der Waals surface area contributed by atoms with E-state index in [4.69, 9.17) is 14.2 Å². The fourth-order valence-corrected chi connectivity index (χ4v) is 7.38. The van der Waals surface area contributed by atoms with Crippen LogP contribution in [0.3, 0.4) is 0 Å². The Morgan fingerprint density at radius 1 is 1.17 bits per heavy atom. The quantitative estimate of drug-likeness (QED) is 0.318. The first-order valence-corrected chi connectivity index (χ1v) is 16.6. The fraction of sp³-hybridized carbons (Fsp3) is 0.516. The zero-order valence-corrected chi connectivity index (χ0v) is 26.8. The van der Waals surface area contributed by atoms with Crippen molar-refractivity contribution in [2.24, 2.45) is 4.99 Å². The van der Waals surface area contributed by atoms with Crippen molar-refractivity contribution in [3.8, 4) is 5.75 Å². The number of thioether (sulfide) groups is 1. The van der Waals surface area contributed by atoms with Crippen molar-refractivity contribution in [2.45, 2.75) is 47.7 Å². The molecule has 1 aromatic carbocycles. The van der Waals surface area contributed by atoms with Gasteiger partial charge in [-0.2, -0.15) is 8.78 Å². The lowest BCUT2D eigenvalue weighted by molar-refractivity contribution is -0.135. The second-order valence-electron chi connectivity index (χ2n) is 12.2. The second-order valence-corrected chi connectivity index (χ2v) is 13.6. The predicted molar refractivity (Wildman–Crippen MR) is 169 cm³/mol. The van der Waals surface area contributed by atoms with E-state index in [9.17, 15) is 18.4 Å². The maximum atomic E-state index is 13.6. The average Bonchev–Trinajstić information content (AvgIpc) is 3.62. The lowest BCUT2D eigenvalue weighted by atomic mass is 10.0. The highest BCUT2D eigenvalue weighted by atomic mass is 32.2. The molecule has 16 heteroatoms. The number of ether oxygens (including phenoxy) is 3. The molecule has 1 unspecified atom stereocenters. The zero-order valence-electron chi connectivity index (χ0n) is 25.9. The number of hydrazine groups is 2. The maximum Gasteiger partial charge on any atom is 0.387 e. The normalized spacial score (nSPS) is 23.4. The molecular formula is C31H38F2N8O5S. The molecule has 0 bridgehead atoms. The number of carbonyl (C=O) groups is 2. The molecule has 3 fully saturated rings. The smallest absolute Gasteiger partial charge is 0.387 e. The summed E-state index contributed by atoms with van der Waals surface area (Å²) in [6.07, 6.45) is 8.52. The molecule has 1 atom stereocenters. The molecule has 0 aliphatic carbocycles. The monoisotopic (exact) mass is 672 g/mol. The van der Waals surface area contributed by atoms with Crippen molar-refractivity contribution in [1.82, 2.24) is 36.0 Å². The number of rotatable bonds is 11. The van der Waals surface area contributed by atoms with E-state index in [1.807, 2.05) is 4.90 Å². The number of hydrogen-bond acceptors (Lipinski definition) is 12. The number of likely N-dealkylation sites (N-methyl/N-ethyl adjacent to an activating group) is 1.